The second kappa shape index (κ2) is 4.91. The minimum absolute atomic E-state index is 0.0733. The number of methoxy groups -OCH3 is 1. The second-order valence-electron chi connectivity index (χ2n) is 3.12. The second-order valence-corrected chi connectivity index (χ2v) is 3.12. The van der Waals surface area contributed by atoms with Gasteiger partial charge in [0.2, 0.25) is 5.88 Å². The van der Waals surface area contributed by atoms with Crippen LogP contribution in [0.1, 0.15) is 11.1 Å². The number of hydrogen-bond acceptors (Lipinski definition) is 4. The molecule has 0 fully saturated rings. The van der Waals surface area contributed by atoms with Crippen LogP contribution in [0.4, 0.5) is 13.2 Å². The molecule has 0 aromatic carbocycles. The molecule has 0 unspecified atom stereocenters. The molecular formula is C10H9F3N2O2. The molecule has 0 radical (unpaired) electrons. The van der Waals surface area contributed by atoms with E-state index in [2.05, 4.69) is 9.72 Å². The molecule has 4 nitrogen and oxygen atoms in total. The molecule has 1 aromatic heterocycles. The summed E-state index contributed by atoms with van der Waals surface area (Å²) in [6, 6.07) is 1.76. The average molecular weight is 246 g/mol. The molecule has 0 bridgehead atoms. The number of rotatable bonds is 3. The number of pyridine rings is 1. The van der Waals surface area contributed by atoms with Crippen LogP contribution in [0.5, 0.6) is 11.6 Å². The van der Waals surface area contributed by atoms with Crippen molar-refractivity contribution in [1.82, 2.24) is 4.98 Å². The van der Waals surface area contributed by atoms with Crippen LogP contribution in [-0.4, -0.2) is 18.5 Å². The van der Waals surface area contributed by atoms with Crippen LogP contribution >= 0.6 is 0 Å². The van der Waals surface area contributed by atoms with Crippen molar-refractivity contribution in [3.05, 3.63) is 17.3 Å². The molecule has 1 rings (SSSR count). The van der Waals surface area contributed by atoms with Crippen molar-refractivity contribution in [2.24, 2.45) is 0 Å². The minimum atomic E-state index is -4.84. The van der Waals surface area contributed by atoms with Crippen LogP contribution in [0.15, 0.2) is 6.20 Å². The summed E-state index contributed by atoms with van der Waals surface area (Å²) in [5, 5.41) is 8.58. The first-order valence-electron chi connectivity index (χ1n) is 4.54. The van der Waals surface area contributed by atoms with E-state index in [0.29, 0.717) is 11.3 Å². The predicted molar refractivity (Wildman–Crippen MR) is 51.5 cm³/mol. The van der Waals surface area contributed by atoms with Crippen LogP contribution in [0.2, 0.25) is 0 Å². The highest BCUT2D eigenvalue weighted by Crippen LogP contribution is 2.31. The van der Waals surface area contributed by atoms with Gasteiger partial charge >= 0.3 is 6.36 Å². The summed E-state index contributed by atoms with van der Waals surface area (Å²) in [6.45, 7) is 1.54. The first kappa shape index (κ1) is 13.1. The van der Waals surface area contributed by atoms with E-state index in [1.54, 1.807) is 6.07 Å². The lowest BCUT2D eigenvalue weighted by Crippen LogP contribution is -2.19. The Morgan fingerprint density at radius 3 is 2.59 bits per heavy atom. The van der Waals surface area contributed by atoms with E-state index in [0.717, 1.165) is 6.20 Å². The van der Waals surface area contributed by atoms with Crippen molar-refractivity contribution >= 4 is 0 Å². The van der Waals surface area contributed by atoms with Crippen molar-refractivity contribution in [3.63, 3.8) is 0 Å². The maximum absolute atomic E-state index is 12.1. The van der Waals surface area contributed by atoms with Gasteiger partial charge in [0, 0.05) is 11.1 Å². The Morgan fingerprint density at radius 2 is 2.12 bits per heavy atom. The van der Waals surface area contributed by atoms with Crippen molar-refractivity contribution in [2.45, 2.75) is 19.7 Å². The summed E-state index contributed by atoms with van der Waals surface area (Å²) in [7, 11) is 1.37. The Hall–Kier alpha value is -1.97. The van der Waals surface area contributed by atoms with E-state index in [-0.39, 0.29) is 12.0 Å². The maximum atomic E-state index is 12.1. The molecule has 0 aliphatic heterocycles. The lowest BCUT2D eigenvalue weighted by molar-refractivity contribution is -0.276. The largest absolute Gasteiger partial charge is 0.574 e. The molecule has 17 heavy (non-hydrogen) atoms. The van der Waals surface area contributed by atoms with Gasteiger partial charge in [-0.3, -0.25) is 0 Å². The summed E-state index contributed by atoms with van der Waals surface area (Å²) >= 11 is 0. The van der Waals surface area contributed by atoms with Crippen molar-refractivity contribution in [3.8, 4) is 17.7 Å². The highest BCUT2D eigenvalue weighted by Gasteiger charge is 2.33. The number of nitrogens with zero attached hydrogens (tertiary/aromatic N) is 2. The quantitative estimate of drug-likeness (QED) is 0.821. The van der Waals surface area contributed by atoms with Crippen LogP contribution in [0.25, 0.3) is 0 Å². The third-order valence-corrected chi connectivity index (χ3v) is 2.07. The Labute approximate surface area is 95.6 Å². The first-order chi connectivity index (χ1) is 7.89. The number of hydrogen-bond donors (Lipinski definition) is 0. The van der Waals surface area contributed by atoms with Crippen LogP contribution < -0.4 is 9.47 Å². The lowest BCUT2D eigenvalue weighted by atomic mass is 10.1. The first-order valence-corrected chi connectivity index (χ1v) is 4.54. The molecule has 7 heteroatoms. The third kappa shape index (κ3) is 3.24. The number of ether oxygens (including phenoxy) is 2. The maximum Gasteiger partial charge on any atom is 0.574 e. The van der Waals surface area contributed by atoms with E-state index < -0.39 is 12.2 Å². The van der Waals surface area contributed by atoms with E-state index in [4.69, 9.17) is 10.00 Å². The Balaban J connectivity index is 3.22. The van der Waals surface area contributed by atoms with Crippen LogP contribution in [0, 0.1) is 18.3 Å². The highest BCUT2D eigenvalue weighted by atomic mass is 19.4. The van der Waals surface area contributed by atoms with Crippen molar-refractivity contribution in [1.29, 1.82) is 5.26 Å². The molecule has 0 saturated carbocycles. The summed E-state index contributed by atoms with van der Waals surface area (Å²) < 4.78 is 45.0. The fraction of sp³-hybridized carbons (Fsp3) is 0.400. The van der Waals surface area contributed by atoms with Gasteiger partial charge < -0.3 is 9.47 Å². The molecular weight excluding hydrogens is 237 g/mol. The van der Waals surface area contributed by atoms with Gasteiger partial charge in [0.25, 0.3) is 0 Å². The molecule has 92 valence electrons. The monoisotopic (exact) mass is 246 g/mol. The Morgan fingerprint density at radius 1 is 1.47 bits per heavy atom. The Kier molecular flexibility index (Phi) is 3.78. The topological polar surface area (TPSA) is 55.1 Å². The normalized spacial score (nSPS) is 10.8. The number of nitriles is 1. The number of aromatic nitrogens is 1. The molecule has 0 aliphatic carbocycles. The zero-order chi connectivity index (χ0) is 13.1. The SMILES string of the molecule is COc1cnc(OC(F)(F)F)c(CC#N)c1C. The molecule has 0 aliphatic rings. The fourth-order valence-corrected chi connectivity index (χ4v) is 1.29. The van der Waals surface area contributed by atoms with E-state index in [9.17, 15) is 13.2 Å². The van der Waals surface area contributed by atoms with E-state index in [1.165, 1.54) is 14.0 Å². The van der Waals surface area contributed by atoms with Crippen LogP contribution in [0.3, 0.4) is 0 Å². The molecule has 0 N–H and O–H groups in total. The fourth-order valence-electron chi connectivity index (χ4n) is 1.29. The summed E-state index contributed by atoms with van der Waals surface area (Å²) in [6.07, 6.45) is -3.95. The van der Waals surface area contributed by atoms with Gasteiger partial charge in [0.05, 0.1) is 25.8 Å². The zero-order valence-electron chi connectivity index (χ0n) is 9.13. The molecule has 1 aromatic rings. The Bertz CT molecular complexity index is 452. The highest BCUT2D eigenvalue weighted by molar-refractivity contribution is 5.44. The standard InChI is InChI=1S/C10H9F3N2O2/c1-6-7(3-4-14)9(17-10(11,12)13)15-5-8(6)16-2/h5H,3H2,1-2H3. The molecule has 1 heterocycles. The van der Waals surface area contributed by atoms with E-state index >= 15 is 0 Å². The number of alkyl halides is 3. The molecule has 0 saturated heterocycles. The molecule has 0 spiro atoms. The van der Waals surface area contributed by atoms with Gasteiger partial charge in [-0.2, -0.15) is 5.26 Å². The molecule has 0 atom stereocenters. The van der Waals surface area contributed by atoms with Gasteiger partial charge in [-0.05, 0) is 6.92 Å². The third-order valence-electron chi connectivity index (χ3n) is 2.07. The van der Waals surface area contributed by atoms with Gasteiger partial charge in [-0.25, -0.2) is 4.98 Å². The van der Waals surface area contributed by atoms with Gasteiger partial charge in [0.1, 0.15) is 5.75 Å². The minimum Gasteiger partial charge on any atom is -0.495 e. The van der Waals surface area contributed by atoms with E-state index in [1.807, 2.05) is 0 Å². The van der Waals surface area contributed by atoms with Gasteiger partial charge in [0.15, 0.2) is 0 Å². The molecule has 0 amide bonds. The summed E-state index contributed by atoms with van der Waals surface area (Å²) in [4.78, 5) is 3.50. The predicted octanol–water partition coefficient (Wildman–Crippen LogP) is 2.36. The van der Waals surface area contributed by atoms with Crippen molar-refractivity contribution < 1.29 is 22.6 Å². The van der Waals surface area contributed by atoms with Crippen LogP contribution in [-0.2, 0) is 6.42 Å². The smallest absolute Gasteiger partial charge is 0.495 e. The summed E-state index contributed by atoms with van der Waals surface area (Å²) in [5.41, 5.74) is 0.479. The number of halogens is 3. The lowest BCUT2D eigenvalue weighted by Gasteiger charge is -2.14. The summed E-state index contributed by atoms with van der Waals surface area (Å²) in [5.74, 6) is -0.304. The van der Waals surface area contributed by atoms with Gasteiger partial charge in [-0.15, -0.1) is 13.2 Å². The van der Waals surface area contributed by atoms with Gasteiger partial charge in [-0.1, -0.05) is 0 Å². The van der Waals surface area contributed by atoms with Crippen molar-refractivity contribution in [2.75, 3.05) is 7.11 Å². The zero-order valence-corrected chi connectivity index (χ0v) is 9.13. The average Bonchev–Trinajstić information content (AvgIpc) is 2.22.